The van der Waals surface area contributed by atoms with Crippen LogP contribution in [0.1, 0.15) is 20.3 Å². The van der Waals surface area contributed by atoms with Crippen LogP contribution < -0.4 is 10.6 Å². The number of nitrogens with two attached hydrogens (primary N) is 1. The number of hydrogen-bond acceptors (Lipinski definition) is 7. The highest BCUT2D eigenvalue weighted by Crippen LogP contribution is 2.14. The van der Waals surface area contributed by atoms with Crippen molar-refractivity contribution in [3.05, 3.63) is 18.7 Å². The highest BCUT2D eigenvalue weighted by atomic mass is 16.3. The highest BCUT2D eigenvalue weighted by molar-refractivity contribution is 5.38. The van der Waals surface area contributed by atoms with Crippen LogP contribution in [0.2, 0.25) is 0 Å². The molecule has 2 aromatic rings. The summed E-state index contributed by atoms with van der Waals surface area (Å²) in [6.45, 7) is 4.85. The number of nitrogens with zero attached hydrogens (tertiary/aromatic N) is 6. The van der Waals surface area contributed by atoms with Gasteiger partial charge in [-0.1, -0.05) is 0 Å². The van der Waals surface area contributed by atoms with Crippen molar-refractivity contribution in [2.24, 2.45) is 0 Å². The van der Waals surface area contributed by atoms with Gasteiger partial charge in [-0.05, 0) is 20.3 Å². The number of rotatable bonds is 6. The highest BCUT2D eigenvalue weighted by Gasteiger charge is 2.16. The minimum atomic E-state index is 0.123. The largest absolute Gasteiger partial charge is 0.396 e. The average molecular weight is 277 g/mol. The molecule has 0 aliphatic rings. The molecule has 0 fully saturated rings. The third kappa shape index (κ3) is 3.21. The topological polar surface area (TPSA) is 106 Å². The smallest absolute Gasteiger partial charge is 0.241 e. The van der Waals surface area contributed by atoms with Crippen LogP contribution >= 0.6 is 0 Å². The second kappa shape index (κ2) is 6.29. The number of nitrogen functional groups attached to an aromatic ring is 1. The number of imidazole rings is 1. The lowest BCUT2D eigenvalue weighted by Crippen LogP contribution is -2.34. The Kier molecular flexibility index (Phi) is 4.46. The first kappa shape index (κ1) is 14.2. The quantitative estimate of drug-likeness (QED) is 0.778. The zero-order chi connectivity index (χ0) is 14.5. The third-order valence-electron chi connectivity index (χ3n) is 2.80. The Hall–Kier alpha value is -2.22. The molecule has 0 saturated carbocycles. The molecule has 0 amide bonds. The van der Waals surface area contributed by atoms with Crippen LogP contribution in [0, 0.1) is 0 Å². The summed E-state index contributed by atoms with van der Waals surface area (Å²) in [6, 6.07) is 0.194. The van der Waals surface area contributed by atoms with E-state index in [1.54, 1.807) is 23.3 Å². The van der Waals surface area contributed by atoms with Gasteiger partial charge in [0.15, 0.2) is 0 Å². The lowest BCUT2D eigenvalue weighted by molar-refractivity contribution is 0.288. The number of aromatic nitrogens is 5. The summed E-state index contributed by atoms with van der Waals surface area (Å²) in [6.07, 6.45) is 5.63. The lowest BCUT2D eigenvalue weighted by Gasteiger charge is -2.26. The number of hydrogen-bond donors (Lipinski definition) is 2. The van der Waals surface area contributed by atoms with Gasteiger partial charge in [0.1, 0.15) is 6.33 Å². The third-order valence-corrected chi connectivity index (χ3v) is 2.80. The standard InChI is InChI=1S/C12H19N7O/c1-9(2)19(5-3-7-20)12-16-10(13)15-11(17-12)18-6-4-14-8-18/h4,6,8-9,20H,3,5,7H2,1-2H3,(H2,13,15,16,17). The van der Waals surface area contributed by atoms with Gasteiger partial charge in [-0.15, -0.1) is 0 Å². The summed E-state index contributed by atoms with van der Waals surface area (Å²) in [7, 11) is 0. The van der Waals surface area contributed by atoms with Gasteiger partial charge in [0, 0.05) is 31.6 Å². The van der Waals surface area contributed by atoms with E-state index in [2.05, 4.69) is 19.9 Å². The van der Waals surface area contributed by atoms with Crippen molar-refractivity contribution >= 4 is 11.9 Å². The first-order valence-corrected chi connectivity index (χ1v) is 6.49. The number of anilines is 2. The number of aliphatic hydroxyl groups is 1. The van der Waals surface area contributed by atoms with Crippen LogP contribution in [0.4, 0.5) is 11.9 Å². The fourth-order valence-electron chi connectivity index (χ4n) is 1.82. The molecule has 0 aromatic carbocycles. The van der Waals surface area contributed by atoms with E-state index < -0.39 is 0 Å². The molecule has 0 radical (unpaired) electrons. The first-order valence-electron chi connectivity index (χ1n) is 6.49. The fraction of sp³-hybridized carbons (Fsp3) is 0.500. The van der Waals surface area contributed by atoms with Crippen LogP contribution in [0.3, 0.4) is 0 Å². The van der Waals surface area contributed by atoms with Crippen molar-refractivity contribution in [2.45, 2.75) is 26.3 Å². The predicted molar refractivity (Wildman–Crippen MR) is 75.5 cm³/mol. The molecule has 3 N–H and O–H groups in total. The molecule has 0 atom stereocenters. The summed E-state index contributed by atoms with van der Waals surface area (Å²) in [4.78, 5) is 18.6. The van der Waals surface area contributed by atoms with Gasteiger partial charge in [0.05, 0.1) is 0 Å². The maximum Gasteiger partial charge on any atom is 0.241 e. The Morgan fingerprint density at radius 2 is 2.15 bits per heavy atom. The zero-order valence-electron chi connectivity index (χ0n) is 11.6. The van der Waals surface area contributed by atoms with E-state index in [4.69, 9.17) is 10.8 Å². The minimum Gasteiger partial charge on any atom is -0.396 e. The monoisotopic (exact) mass is 277 g/mol. The molecule has 2 aromatic heterocycles. The SMILES string of the molecule is CC(C)N(CCCO)c1nc(N)nc(-n2ccnc2)n1. The predicted octanol–water partition coefficient (Wildman–Crippen LogP) is 0.237. The Bertz CT molecular complexity index is 541. The van der Waals surface area contributed by atoms with Crippen LogP contribution in [0.25, 0.3) is 5.95 Å². The summed E-state index contributed by atoms with van der Waals surface area (Å²) >= 11 is 0. The van der Waals surface area contributed by atoms with E-state index in [0.717, 1.165) is 0 Å². The van der Waals surface area contributed by atoms with Crippen molar-refractivity contribution in [1.29, 1.82) is 0 Å². The van der Waals surface area contributed by atoms with Gasteiger partial charge in [0.2, 0.25) is 17.8 Å². The van der Waals surface area contributed by atoms with Gasteiger partial charge >= 0.3 is 0 Å². The van der Waals surface area contributed by atoms with Crippen LogP contribution in [-0.4, -0.2) is 48.8 Å². The van der Waals surface area contributed by atoms with Crippen molar-refractivity contribution in [2.75, 3.05) is 23.8 Å². The Balaban J connectivity index is 2.34. The minimum absolute atomic E-state index is 0.123. The Morgan fingerprint density at radius 3 is 2.75 bits per heavy atom. The molecule has 0 unspecified atom stereocenters. The molecule has 0 bridgehead atoms. The van der Waals surface area contributed by atoms with E-state index in [1.165, 1.54) is 0 Å². The Labute approximate surface area is 117 Å². The normalized spacial score (nSPS) is 11.0. The Morgan fingerprint density at radius 1 is 1.35 bits per heavy atom. The van der Waals surface area contributed by atoms with Gasteiger partial charge in [-0.25, -0.2) is 4.98 Å². The molecule has 0 saturated heterocycles. The van der Waals surface area contributed by atoms with Gasteiger partial charge in [-0.3, -0.25) is 4.57 Å². The second-order valence-electron chi connectivity index (χ2n) is 4.63. The van der Waals surface area contributed by atoms with Crippen molar-refractivity contribution in [1.82, 2.24) is 24.5 Å². The maximum atomic E-state index is 8.99. The first-order chi connectivity index (χ1) is 9.61. The van der Waals surface area contributed by atoms with Crippen molar-refractivity contribution in [3.8, 4) is 5.95 Å². The summed E-state index contributed by atoms with van der Waals surface area (Å²) < 4.78 is 1.67. The number of aliphatic hydroxyl groups excluding tert-OH is 1. The molecule has 2 heterocycles. The van der Waals surface area contributed by atoms with Crippen LogP contribution in [-0.2, 0) is 0 Å². The molecule has 0 aliphatic heterocycles. The molecule has 108 valence electrons. The van der Waals surface area contributed by atoms with E-state index in [9.17, 15) is 0 Å². The maximum absolute atomic E-state index is 8.99. The van der Waals surface area contributed by atoms with Crippen molar-refractivity contribution in [3.63, 3.8) is 0 Å². The molecule has 8 heteroatoms. The molecule has 8 nitrogen and oxygen atoms in total. The fourth-order valence-corrected chi connectivity index (χ4v) is 1.82. The molecule has 20 heavy (non-hydrogen) atoms. The van der Waals surface area contributed by atoms with Gasteiger partial charge in [0.25, 0.3) is 0 Å². The average Bonchev–Trinajstić information content (AvgIpc) is 2.92. The van der Waals surface area contributed by atoms with Gasteiger partial charge < -0.3 is 15.7 Å². The molecular weight excluding hydrogens is 258 g/mol. The molecular formula is C12H19N7O. The van der Waals surface area contributed by atoms with E-state index in [-0.39, 0.29) is 18.6 Å². The second-order valence-corrected chi connectivity index (χ2v) is 4.63. The van der Waals surface area contributed by atoms with E-state index in [0.29, 0.717) is 24.9 Å². The molecule has 2 rings (SSSR count). The summed E-state index contributed by atoms with van der Waals surface area (Å²) in [5, 5.41) is 8.99. The van der Waals surface area contributed by atoms with Crippen LogP contribution in [0.15, 0.2) is 18.7 Å². The van der Waals surface area contributed by atoms with Crippen LogP contribution in [0.5, 0.6) is 0 Å². The van der Waals surface area contributed by atoms with E-state index >= 15 is 0 Å². The molecule has 0 aliphatic carbocycles. The van der Waals surface area contributed by atoms with E-state index in [1.807, 2.05) is 18.7 Å². The summed E-state index contributed by atoms with van der Waals surface area (Å²) in [5.41, 5.74) is 5.76. The summed E-state index contributed by atoms with van der Waals surface area (Å²) in [5.74, 6) is 1.10. The van der Waals surface area contributed by atoms with Gasteiger partial charge in [-0.2, -0.15) is 15.0 Å². The van der Waals surface area contributed by atoms with Crippen molar-refractivity contribution < 1.29 is 5.11 Å². The zero-order valence-corrected chi connectivity index (χ0v) is 11.6. The lowest BCUT2D eigenvalue weighted by atomic mass is 10.3. The molecule has 0 spiro atoms.